The molecule has 0 heterocycles. The Morgan fingerprint density at radius 1 is 1.05 bits per heavy atom. The number of phenolic OH excluding ortho intramolecular Hbond substituents is 1. The van der Waals surface area contributed by atoms with Gasteiger partial charge in [-0.3, -0.25) is 24.7 Å². The predicted octanol–water partition coefficient (Wildman–Crippen LogP) is 0.389. The Bertz CT molecular complexity index is 1120. The summed E-state index contributed by atoms with van der Waals surface area (Å²) >= 11 is 0. The lowest BCUT2D eigenvalue weighted by atomic mass is 10.0. The number of guanidine groups is 1. The van der Waals surface area contributed by atoms with Gasteiger partial charge < -0.3 is 37.8 Å². The Balaban J connectivity index is 1.89. The molecule has 13 heteroatoms. The number of non-ortho nitro benzene ring substituents is 1. The normalized spacial score (nSPS) is 12.4. The Morgan fingerprint density at radius 2 is 1.70 bits per heavy atom. The van der Waals surface area contributed by atoms with Crippen LogP contribution in [-0.4, -0.2) is 77.5 Å². The van der Waals surface area contributed by atoms with E-state index in [9.17, 15) is 24.8 Å². The van der Waals surface area contributed by atoms with Gasteiger partial charge in [-0.2, -0.15) is 0 Å². The summed E-state index contributed by atoms with van der Waals surface area (Å²) in [6, 6.07) is 11.2. The molecule has 0 aliphatic rings. The standard InChI is InChI=1S/C27H40N8O5/c1-2-34(16-13-19-5-9-21(10-6-19)35(39)40)17-15-31-26(38)24(4-3-14-32-27(29)30)33-25(37)23(28)18-20-7-11-22(36)12-8-20/h5-12,23-24,36H,2-4,13-18,28H2,1H3,(H,31,38)(H,33,37)(H4,29,30,32)/t23-,24+/m0/s1. The number of likely N-dealkylation sites (N-methyl/N-ethyl adjacent to an activating group) is 1. The number of aromatic hydroxyl groups is 1. The van der Waals surface area contributed by atoms with Gasteiger partial charge in [-0.05, 0) is 55.5 Å². The van der Waals surface area contributed by atoms with E-state index in [0.29, 0.717) is 38.9 Å². The largest absolute Gasteiger partial charge is 0.508 e. The van der Waals surface area contributed by atoms with Gasteiger partial charge in [0, 0.05) is 38.3 Å². The molecule has 0 saturated heterocycles. The third-order valence-electron chi connectivity index (χ3n) is 6.35. The van der Waals surface area contributed by atoms with E-state index >= 15 is 0 Å². The second-order valence-electron chi connectivity index (χ2n) is 9.39. The number of rotatable bonds is 17. The molecule has 218 valence electrons. The second kappa shape index (κ2) is 16.7. The summed E-state index contributed by atoms with van der Waals surface area (Å²) in [5, 5.41) is 25.9. The minimum Gasteiger partial charge on any atom is -0.508 e. The van der Waals surface area contributed by atoms with E-state index in [1.807, 2.05) is 6.92 Å². The zero-order valence-corrected chi connectivity index (χ0v) is 22.8. The minimum absolute atomic E-state index is 0.0469. The SMILES string of the molecule is CCN(CCNC(=O)[C@@H](CCCN=C(N)N)NC(=O)[C@@H](N)Cc1ccc(O)cc1)CCc1ccc([N+](=O)[O-])cc1. The van der Waals surface area contributed by atoms with Crippen molar-refractivity contribution >= 4 is 23.5 Å². The number of nitro benzene ring substituents is 1. The number of phenols is 1. The molecule has 0 spiro atoms. The third-order valence-corrected chi connectivity index (χ3v) is 6.35. The molecule has 0 bridgehead atoms. The van der Waals surface area contributed by atoms with Crippen molar-refractivity contribution in [2.24, 2.45) is 22.2 Å². The number of nitrogens with two attached hydrogens (primary N) is 3. The molecule has 9 N–H and O–H groups in total. The van der Waals surface area contributed by atoms with Crippen molar-refractivity contribution in [3.8, 4) is 5.75 Å². The summed E-state index contributed by atoms with van der Waals surface area (Å²) in [5.41, 5.74) is 18.7. The lowest BCUT2D eigenvalue weighted by molar-refractivity contribution is -0.384. The first-order valence-corrected chi connectivity index (χ1v) is 13.2. The highest BCUT2D eigenvalue weighted by Crippen LogP contribution is 2.13. The molecule has 0 saturated carbocycles. The maximum absolute atomic E-state index is 13.0. The van der Waals surface area contributed by atoms with E-state index < -0.39 is 22.9 Å². The van der Waals surface area contributed by atoms with Gasteiger partial charge >= 0.3 is 0 Å². The zero-order valence-electron chi connectivity index (χ0n) is 22.8. The van der Waals surface area contributed by atoms with Crippen LogP contribution in [0.4, 0.5) is 5.69 Å². The minimum atomic E-state index is -0.882. The van der Waals surface area contributed by atoms with Crippen LogP contribution in [0.1, 0.15) is 30.9 Å². The molecule has 0 radical (unpaired) electrons. The van der Waals surface area contributed by atoms with Gasteiger partial charge in [-0.1, -0.05) is 31.2 Å². The average Bonchev–Trinajstić information content (AvgIpc) is 2.93. The molecule has 0 aliphatic carbocycles. The first-order valence-electron chi connectivity index (χ1n) is 13.2. The summed E-state index contributed by atoms with van der Waals surface area (Å²) in [6.07, 6.45) is 1.74. The lowest BCUT2D eigenvalue weighted by Gasteiger charge is -2.23. The number of hydrogen-bond acceptors (Lipinski definition) is 8. The van der Waals surface area contributed by atoms with Gasteiger partial charge in [0.1, 0.15) is 11.8 Å². The molecule has 0 unspecified atom stereocenters. The maximum Gasteiger partial charge on any atom is 0.269 e. The van der Waals surface area contributed by atoms with E-state index in [4.69, 9.17) is 17.2 Å². The monoisotopic (exact) mass is 556 g/mol. The molecular formula is C27H40N8O5. The fraction of sp³-hybridized carbons (Fsp3) is 0.444. The van der Waals surface area contributed by atoms with Crippen LogP contribution in [0.15, 0.2) is 53.5 Å². The molecule has 0 aliphatic heterocycles. The molecule has 13 nitrogen and oxygen atoms in total. The highest BCUT2D eigenvalue weighted by atomic mass is 16.6. The van der Waals surface area contributed by atoms with Crippen molar-refractivity contribution < 1.29 is 19.6 Å². The van der Waals surface area contributed by atoms with Crippen LogP contribution >= 0.6 is 0 Å². The second-order valence-corrected chi connectivity index (χ2v) is 9.39. The lowest BCUT2D eigenvalue weighted by Crippen LogP contribution is -2.52. The van der Waals surface area contributed by atoms with Crippen LogP contribution in [0.5, 0.6) is 5.75 Å². The Hall–Kier alpha value is -4.23. The van der Waals surface area contributed by atoms with Crippen molar-refractivity contribution in [3.05, 3.63) is 69.8 Å². The smallest absolute Gasteiger partial charge is 0.269 e. The third kappa shape index (κ3) is 11.7. The van der Waals surface area contributed by atoms with Crippen LogP contribution in [0.3, 0.4) is 0 Å². The van der Waals surface area contributed by atoms with Crippen molar-refractivity contribution in [2.45, 2.75) is 44.7 Å². The summed E-state index contributed by atoms with van der Waals surface area (Å²) in [7, 11) is 0. The number of aliphatic imine (C=N–C) groups is 1. The Kier molecular flexibility index (Phi) is 13.3. The number of benzene rings is 2. The number of hydrogen-bond donors (Lipinski definition) is 6. The average molecular weight is 557 g/mol. The quantitative estimate of drug-likeness (QED) is 0.0521. The van der Waals surface area contributed by atoms with E-state index in [1.54, 1.807) is 24.3 Å². The number of nitrogens with zero attached hydrogens (tertiary/aromatic N) is 3. The molecule has 40 heavy (non-hydrogen) atoms. The van der Waals surface area contributed by atoms with E-state index in [1.165, 1.54) is 24.3 Å². The fourth-order valence-electron chi connectivity index (χ4n) is 3.99. The van der Waals surface area contributed by atoms with Gasteiger partial charge in [0.2, 0.25) is 11.8 Å². The Labute approximate surface area is 234 Å². The number of nitro groups is 1. The molecule has 2 amide bonds. The number of amides is 2. The summed E-state index contributed by atoms with van der Waals surface area (Å²) < 4.78 is 0. The van der Waals surface area contributed by atoms with Crippen LogP contribution in [0.25, 0.3) is 0 Å². The van der Waals surface area contributed by atoms with Gasteiger partial charge in [0.25, 0.3) is 5.69 Å². The van der Waals surface area contributed by atoms with Gasteiger partial charge in [-0.25, -0.2) is 0 Å². The molecule has 2 aromatic rings. The van der Waals surface area contributed by atoms with Gasteiger partial charge in [0.15, 0.2) is 5.96 Å². The summed E-state index contributed by atoms with van der Waals surface area (Å²) in [5.74, 6) is -0.726. The molecule has 2 aromatic carbocycles. The molecule has 2 rings (SSSR count). The van der Waals surface area contributed by atoms with Crippen LogP contribution in [0.2, 0.25) is 0 Å². The zero-order chi connectivity index (χ0) is 29.5. The first-order chi connectivity index (χ1) is 19.1. The fourth-order valence-corrected chi connectivity index (χ4v) is 3.99. The van der Waals surface area contributed by atoms with Crippen molar-refractivity contribution in [3.63, 3.8) is 0 Å². The van der Waals surface area contributed by atoms with Crippen molar-refractivity contribution in [1.29, 1.82) is 0 Å². The number of carbonyl (C=O) groups excluding carboxylic acids is 2. The molecule has 0 aromatic heterocycles. The van der Waals surface area contributed by atoms with Gasteiger partial charge in [-0.15, -0.1) is 0 Å². The highest BCUT2D eigenvalue weighted by Gasteiger charge is 2.23. The molecule has 0 fully saturated rings. The van der Waals surface area contributed by atoms with Crippen LogP contribution in [0, 0.1) is 10.1 Å². The summed E-state index contributed by atoms with van der Waals surface area (Å²) in [4.78, 5) is 42.3. The van der Waals surface area contributed by atoms with Crippen molar-refractivity contribution in [1.82, 2.24) is 15.5 Å². The van der Waals surface area contributed by atoms with Crippen LogP contribution in [-0.2, 0) is 22.4 Å². The van der Waals surface area contributed by atoms with Crippen LogP contribution < -0.4 is 27.8 Å². The topological polar surface area (TPSA) is 215 Å². The van der Waals surface area contributed by atoms with Crippen molar-refractivity contribution in [2.75, 3.05) is 32.7 Å². The van der Waals surface area contributed by atoms with E-state index in [-0.39, 0.29) is 29.7 Å². The van der Waals surface area contributed by atoms with E-state index in [0.717, 1.165) is 24.2 Å². The molecular weight excluding hydrogens is 516 g/mol. The first kappa shape index (κ1) is 32.0. The highest BCUT2D eigenvalue weighted by molar-refractivity contribution is 5.89. The maximum atomic E-state index is 13.0. The van der Waals surface area contributed by atoms with Gasteiger partial charge in [0.05, 0.1) is 11.0 Å². The predicted molar refractivity (Wildman–Crippen MR) is 154 cm³/mol. The summed E-state index contributed by atoms with van der Waals surface area (Å²) in [6.45, 7) is 4.76. The number of carbonyl (C=O) groups is 2. The Morgan fingerprint density at radius 3 is 2.30 bits per heavy atom. The molecule has 2 atom stereocenters. The number of nitrogens with one attached hydrogen (secondary N) is 2. The van der Waals surface area contributed by atoms with E-state index in [2.05, 4.69) is 20.5 Å².